The highest BCUT2D eigenvalue weighted by Crippen LogP contribution is 2.48. The molecule has 7 atom stereocenters. The smallest absolute Gasteiger partial charge is 0.459 e. The normalized spacial score (nSPS) is 26.3. The van der Waals surface area contributed by atoms with E-state index in [9.17, 15) is 19.6 Å². The van der Waals surface area contributed by atoms with Gasteiger partial charge in [0.25, 0.3) is 0 Å². The molecule has 0 amide bonds. The Kier molecular flexibility index (Phi) is 8.88. The third kappa shape index (κ3) is 6.53. The van der Waals surface area contributed by atoms with E-state index in [2.05, 4.69) is 20.0 Å². The van der Waals surface area contributed by atoms with Crippen LogP contribution in [0.4, 0.5) is 5.82 Å². The molecule has 14 nitrogen and oxygen atoms in total. The fourth-order valence-electron chi connectivity index (χ4n) is 5.08. The Bertz CT molecular complexity index is 1390. The minimum Gasteiger partial charge on any atom is -0.461 e. The number of imidazole rings is 1. The van der Waals surface area contributed by atoms with Crippen molar-refractivity contribution in [3.05, 3.63) is 43.0 Å². The average Bonchev–Trinajstić information content (AvgIpc) is 3.51. The van der Waals surface area contributed by atoms with Crippen molar-refractivity contribution in [3.63, 3.8) is 0 Å². The summed E-state index contributed by atoms with van der Waals surface area (Å²) >= 11 is 0. The lowest BCUT2D eigenvalue weighted by Gasteiger charge is -2.29. The Morgan fingerprint density at radius 3 is 2.59 bits per heavy atom. The van der Waals surface area contributed by atoms with Crippen LogP contribution >= 0.6 is 7.75 Å². The molecule has 0 bridgehead atoms. The highest BCUT2D eigenvalue weighted by Gasteiger charge is 2.49. The summed E-state index contributed by atoms with van der Waals surface area (Å²) in [7, 11) is -4.26. The zero-order valence-corrected chi connectivity index (χ0v) is 23.7. The van der Waals surface area contributed by atoms with Gasteiger partial charge in [-0.1, -0.05) is 24.6 Å². The number of ether oxygens (including phenoxy) is 2. The van der Waals surface area contributed by atoms with E-state index in [-0.39, 0.29) is 17.7 Å². The first-order valence-corrected chi connectivity index (χ1v) is 15.2. The number of aliphatic hydroxyl groups is 2. The van der Waals surface area contributed by atoms with Crippen LogP contribution in [-0.4, -0.2) is 72.3 Å². The summed E-state index contributed by atoms with van der Waals surface area (Å²) < 4.78 is 38.7. The topological polar surface area (TPSA) is 193 Å². The molecule has 1 aromatic carbocycles. The summed E-state index contributed by atoms with van der Waals surface area (Å²) in [5.41, 5.74) is 6.48. The number of benzene rings is 1. The van der Waals surface area contributed by atoms with Gasteiger partial charge in [0.2, 0.25) is 0 Å². The molecule has 1 aliphatic heterocycles. The van der Waals surface area contributed by atoms with Crippen molar-refractivity contribution in [2.45, 2.75) is 88.7 Å². The number of fused-ring (bicyclic) bond motifs is 1. The van der Waals surface area contributed by atoms with E-state index in [1.54, 1.807) is 30.3 Å². The number of rotatable bonds is 10. The lowest BCUT2D eigenvalue weighted by molar-refractivity contribution is -0.152. The monoisotopic (exact) mass is 590 g/mol. The molecule has 222 valence electrons. The van der Waals surface area contributed by atoms with E-state index in [1.165, 1.54) is 31.1 Å². The van der Waals surface area contributed by atoms with E-state index in [4.69, 9.17) is 24.3 Å². The lowest BCUT2D eigenvalue weighted by Crippen LogP contribution is -2.41. The Morgan fingerprint density at radius 2 is 1.85 bits per heavy atom. The summed E-state index contributed by atoms with van der Waals surface area (Å²) in [5.74, 6) is -0.196. The first-order chi connectivity index (χ1) is 19.6. The highest BCUT2D eigenvalue weighted by atomic mass is 31.2. The number of nitrogens with zero attached hydrogens (tertiary/aromatic N) is 4. The minimum absolute atomic E-state index is 0.149. The van der Waals surface area contributed by atoms with Gasteiger partial charge in [-0.3, -0.25) is 13.9 Å². The summed E-state index contributed by atoms with van der Waals surface area (Å²) in [6.45, 7) is 3.03. The van der Waals surface area contributed by atoms with Crippen LogP contribution in [0.15, 0.2) is 43.0 Å². The second-order valence-corrected chi connectivity index (χ2v) is 12.0. The minimum atomic E-state index is -4.26. The van der Waals surface area contributed by atoms with Crippen molar-refractivity contribution >= 4 is 30.7 Å². The van der Waals surface area contributed by atoms with Gasteiger partial charge in [-0.25, -0.2) is 19.5 Å². The van der Waals surface area contributed by atoms with Gasteiger partial charge in [-0.15, -0.1) is 0 Å². The first-order valence-electron chi connectivity index (χ1n) is 13.6. The molecule has 3 aromatic rings. The number of esters is 1. The number of carbonyl (C=O) groups is 1. The van der Waals surface area contributed by atoms with Gasteiger partial charge >= 0.3 is 13.7 Å². The van der Waals surface area contributed by atoms with Crippen molar-refractivity contribution < 1.29 is 38.1 Å². The van der Waals surface area contributed by atoms with Gasteiger partial charge in [-0.05, 0) is 51.7 Å². The fraction of sp³-hybridized carbons (Fsp3) is 0.538. The number of carbonyl (C=O) groups excluding carboxylic acids is 1. The third-order valence-electron chi connectivity index (χ3n) is 7.21. The van der Waals surface area contributed by atoms with Crippen LogP contribution in [-0.2, 0) is 23.4 Å². The van der Waals surface area contributed by atoms with Crippen molar-refractivity contribution in [1.82, 2.24) is 24.6 Å². The SMILES string of the molecule is CC(NP(=O)(Oc1ccccc1)OC(C)C1OC(n2cnc3c(N)ncnc32)C(O)C1O)C(=O)OC1CCCCC1. The molecule has 2 aliphatic rings. The number of aromatic nitrogens is 4. The Hall–Kier alpha value is -3.13. The van der Waals surface area contributed by atoms with Crippen molar-refractivity contribution in [2.75, 3.05) is 5.73 Å². The molecule has 2 fully saturated rings. The van der Waals surface area contributed by atoms with Crippen molar-refractivity contribution in [2.24, 2.45) is 0 Å². The molecule has 7 unspecified atom stereocenters. The van der Waals surface area contributed by atoms with Crippen LogP contribution in [0.5, 0.6) is 5.75 Å². The maximum atomic E-state index is 14.1. The van der Waals surface area contributed by atoms with Crippen LogP contribution in [0, 0.1) is 0 Å². The molecule has 1 saturated carbocycles. The van der Waals surface area contributed by atoms with Gasteiger partial charge < -0.3 is 29.9 Å². The highest BCUT2D eigenvalue weighted by molar-refractivity contribution is 7.52. The largest absolute Gasteiger partial charge is 0.461 e. The molecule has 5 N–H and O–H groups in total. The van der Waals surface area contributed by atoms with E-state index >= 15 is 0 Å². The summed E-state index contributed by atoms with van der Waals surface area (Å²) in [4.78, 5) is 25.1. The number of hydrogen-bond donors (Lipinski definition) is 4. The number of nitrogens with one attached hydrogen (secondary N) is 1. The Balaban J connectivity index is 1.32. The lowest BCUT2D eigenvalue weighted by atomic mass is 9.98. The number of para-hydroxylation sites is 1. The summed E-state index contributed by atoms with van der Waals surface area (Å²) in [5, 5.41) is 24.4. The second-order valence-electron chi connectivity index (χ2n) is 10.3. The molecule has 1 aliphatic carbocycles. The quantitative estimate of drug-likeness (QED) is 0.199. The molecule has 41 heavy (non-hydrogen) atoms. The van der Waals surface area contributed by atoms with Crippen LogP contribution in [0.1, 0.15) is 52.2 Å². The zero-order chi connectivity index (χ0) is 29.1. The van der Waals surface area contributed by atoms with Gasteiger partial charge in [0.15, 0.2) is 17.7 Å². The van der Waals surface area contributed by atoms with Gasteiger partial charge in [0, 0.05) is 0 Å². The Morgan fingerprint density at radius 1 is 1.12 bits per heavy atom. The number of aliphatic hydroxyl groups excluding tert-OH is 2. The van der Waals surface area contributed by atoms with Crippen molar-refractivity contribution in [1.29, 1.82) is 0 Å². The second kappa shape index (κ2) is 12.4. The average molecular weight is 591 g/mol. The molecule has 5 rings (SSSR count). The summed E-state index contributed by atoms with van der Waals surface area (Å²) in [6, 6.07) is 7.30. The standard InChI is InChI=1S/C26H35N6O8P/c1-15(26(35)37-17-9-5-3-6-10-17)31-41(36,40-18-11-7-4-8-12-18)39-16(2)22-20(33)21(34)25(38-22)32-14-30-19-23(27)28-13-29-24(19)32/h4,7-8,11-17,20-22,25,33-34H,3,5-6,9-10H2,1-2H3,(H,31,36)(H2,27,28,29). The van der Waals surface area contributed by atoms with Crippen LogP contribution in [0.2, 0.25) is 0 Å². The zero-order valence-electron chi connectivity index (χ0n) is 22.8. The molecule has 15 heteroatoms. The molecular formula is C26H35N6O8P. The molecule has 2 aromatic heterocycles. The molecule has 3 heterocycles. The maximum Gasteiger partial charge on any atom is 0.459 e. The van der Waals surface area contributed by atoms with E-state index in [0.29, 0.717) is 11.2 Å². The van der Waals surface area contributed by atoms with Crippen LogP contribution in [0.25, 0.3) is 11.2 Å². The van der Waals surface area contributed by atoms with Gasteiger partial charge in [0.05, 0.1) is 12.4 Å². The van der Waals surface area contributed by atoms with Crippen LogP contribution in [0.3, 0.4) is 0 Å². The predicted octanol–water partition coefficient (Wildman–Crippen LogP) is 2.47. The van der Waals surface area contributed by atoms with E-state index in [1.807, 2.05) is 0 Å². The maximum absolute atomic E-state index is 14.1. The number of nitrogens with two attached hydrogens (primary N) is 1. The summed E-state index contributed by atoms with van der Waals surface area (Å²) in [6.07, 6.45) is 0.910. The van der Waals surface area contributed by atoms with Crippen LogP contribution < -0.4 is 15.3 Å². The van der Waals surface area contributed by atoms with Gasteiger partial charge in [-0.2, -0.15) is 5.09 Å². The molecule has 1 saturated heterocycles. The molecule has 0 radical (unpaired) electrons. The molecule has 0 spiro atoms. The Labute approximate surface area is 236 Å². The molecular weight excluding hydrogens is 555 g/mol. The number of hydrogen-bond acceptors (Lipinski definition) is 12. The third-order valence-corrected chi connectivity index (χ3v) is 8.98. The predicted molar refractivity (Wildman–Crippen MR) is 146 cm³/mol. The van der Waals surface area contributed by atoms with Gasteiger partial charge in [0.1, 0.15) is 48.1 Å². The number of nitrogen functional groups attached to an aromatic ring is 1. The van der Waals surface area contributed by atoms with E-state index < -0.39 is 50.4 Å². The first kappa shape index (κ1) is 29.4. The van der Waals surface area contributed by atoms with E-state index in [0.717, 1.165) is 32.1 Å². The fourth-order valence-corrected chi connectivity index (χ4v) is 6.77. The van der Waals surface area contributed by atoms with Crippen molar-refractivity contribution in [3.8, 4) is 5.75 Å². The number of anilines is 1.